The Morgan fingerprint density at radius 3 is 2.52 bits per heavy atom. The molecule has 0 saturated carbocycles. The molecule has 2 N–H and O–H groups in total. The molecule has 1 aromatic rings. The number of carbonyl (C=O) groups is 2. The highest BCUT2D eigenvalue weighted by molar-refractivity contribution is 7.14. The van der Waals surface area contributed by atoms with E-state index in [1.54, 1.807) is 11.3 Å². The summed E-state index contributed by atoms with van der Waals surface area (Å²) in [5.41, 5.74) is 6.95. The number of aryl methyl sites for hydroxylation is 1. The summed E-state index contributed by atoms with van der Waals surface area (Å²) in [7, 11) is 0. The van der Waals surface area contributed by atoms with Crippen LogP contribution in [0.4, 0.5) is 0 Å². The molecule has 2 aliphatic rings. The van der Waals surface area contributed by atoms with Crippen LogP contribution in [-0.2, 0) is 17.6 Å². The minimum Gasteiger partial charge on any atom is -0.369 e. The molecule has 0 radical (unpaired) electrons. The van der Waals surface area contributed by atoms with E-state index in [1.165, 1.54) is 16.9 Å². The molecule has 0 aromatic carbocycles. The zero-order valence-electron chi connectivity index (χ0n) is 15.5. The van der Waals surface area contributed by atoms with E-state index in [4.69, 9.17) is 5.73 Å². The zero-order chi connectivity index (χ0) is 18.2. The molecule has 1 fully saturated rings. The second-order valence-corrected chi connectivity index (χ2v) is 9.54. The molecule has 1 saturated heterocycles. The first-order chi connectivity index (χ1) is 11.7. The Balaban J connectivity index is 1.63. The molecule has 3 rings (SSSR count). The Kier molecular flexibility index (Phi) is 5.21. The lowest BCUT2D eigenvalue weighted by Gasteiger charge is -2.33. The zero-order valence-corrected chi connectivity index (χ0v) is 16.3. The van der Waals surface area contributed by atoms with Crippen molar-refractivity contribution < 1.29 is 9.59 Å². The molecule has 0 bridgehead atoms. The van der Waals surface area contributed by atoms with Crippen molar-refractivity contribution in [3.8, 4) is 0 Å². The van der Waals surface area contributed by atoms with Crippen LogP contribution in [0.3, 0.4) is 0 Å². The predicted octanol–water partition coefficient (Wildman–Crippen LogP) is 2.14. The third kappa shape index (κ3) is 4.23. The van der Waals surface area contributed by atoms with E-state index in [0.29, 0.717) is 37.5 Å². The Labute approximate surface area is 154 Å². The molecule has 6 heteroatoms. The summed E-state index contributed by atoms with van der Waals surface area (Å²) < 4.78 is 0. The van der Waals surface area contributed by atoms with Crippen LogP contribution >= 0.6 is 11.3 Å². The molecule has 25 heavy (non-hydrogen) atoms. The van der Waals surface area contributed by atoms with Crippen LogP contribution in [0, 0.1) is 11.3 Å². The maximum atomic E-state index is 12.9. The minimum absolute atomic E-state index is 0.144. The number of thiophene rings is 1. The van der Waals surface area contributed by atoms with Crippen LogP contribution in [0.2, 0.25) is 0 Å². The molecule has 5 nitrogen and oxygen atoms in total. The molecule has 1 aliphatic carbocycles. The smallest absolute Gasteiger partial charge is 0.264 e. The summed E-state index contributed by atoms with van der Waals surface area (Å²) in [6.07, 6.45) is 3.41. The van der Waals surface area contributed by atoms with Gasteiger partial charge in [-0.2, -0.15) is 0 Å². The summed E-state index contributed by atoms with van der Waals surface area (Å²) in [5, 5.41) is 0. The SMILES string of the molecule is CC(C)(C)C1CCc2sc(C(=O)N3CCN(CC(N)=O)CC3)cc2C1. The standard InChI is InChI=1S/C19H29N3O2S/c1-19(2,3)14-4-5-15-13(10-14)11-16(25-15)18(24)22-8-6-21(7-9-22)12-17(20)23/h11,14H,4-10,12H2,1-3H3,(H2,20,23). The molecule has 1 unspecified atom stereocenters. The number of rotatable bonds is 3. The van der Waals surface area contributed by atoms with E-state index in [9.17, 15) is 9.59 Å². The summed E-state index contributed by atoms with van der Waals surface area (Å²) >= 11 is 1.68. The quantitative estimate of drug-likeness (QED) is 0.895. The second kappa shape index (κ2) is 7.08. The highest BCUT2D eigenvalue weighted by Crippen LogP contribution is 2.40. The van der Waals surface area contributed by atoms with E-state index in [0.717, 1.165) is 17.7 Å². The van der Waals surface area contributed by atoms with E-state index in [-0.39, 0.29) is 18.4 Å². The van der Waals surface area contributed by atoms with Gasteiger partial charge in [-0.25, -0.2) is 0 Å². The number of nitrogens with zero attached hydrogens (tertiary/aromatic N) is 2. The Hall–Kier alpha value is -1.40. The fraction of sp³-hybridized carbons (Fsp3) is 0.684. The van der Waals surface area contributed by atoms with Gasteiger partial charge in [0.2, 0.25) is 5.91 Å². The van der Waals surface area contributed by atoms with Crippen LogP contribution in [0.1, 0.15) is 47.3 Å². The van der Waals surface area contributed by atoms with Gasteiger partial charge in [0.25, 0.3) is 5.91 Å². The monoisotopic (exact) mass is 363 g/mol. The normalized spacial score (nSPS) is 21.9. The van der Waals surface area contributed by atoms with Gasteiger partial charge in [-0.1, -0.05) is 20.8 Å². The number of hydrogen-bond donors (Lipinski definition) is 1. The van der Waals surface area contributed by atoms with E-state index in [2.05, 4.69) is 26.8 Å². The summed E-state index contributed by atoms with van der Waals surface area (Å²) in [4.78, 5) is 30.1. The molecule has 138 valence electrons. The number of amides is 2. The molecular formula is C19H29N3O2S. The van der Waals surface area contributed by atoms with Gasteiger partial charge in [-0.3, -0.25) is 14.5 Å². The van der Waals surface area contributed by atoms with Crippen LogP contribution in [0.15, 0.2) is 6.07 Å². The Bertz CT molecular complexity index is 654. The summed E-state index contributed by atoms with van der Waals surface area (Å²) in [6, 6.07) is 2.13. The van der Waals surface area contributed by atoms with Gasteiger partial charge < -0.3 is 10.6 Å². The number of hydrogen-bond acceptors (Lipinski definition) is 4. The van der Waals surface area contributed by atoms with Crippen molar-refractivity contribution in [2.24, 2.45) is 17.1 Å². The first-order valence-electron chi connectivity index (χ1n) is 9.15. The molecule has 2 amide bonds. The lowest BCUT2D eigenvalue weighted by molar-refractivity contribution is -0.119. The van der Waals surface area contributed by atoms with Crippen molar-refractivity contribution >= 4 is 23.2 Å². The molecule has 0 spiro atoms. The lowest BCUT2D eigenvalue weighted by atomic mass is 9.72. The van der Waals surface area contributed by atoms with Crippen molar-refractivity contribution in [2.45, 2.75) is 40.0 Å². The fourth-order valence-electron chi connectivity index (χ4n) is 3.85. The first kappa shape index (κ1) is 18.4. The van der Waals surface area contributed by atoms with Gasteiger partial charge in [0, 0.05) is 31.1 Å². The van der Waals surface area contributed by atoms with Crippen molar-refractivity contribution in [2.75, 3.05) is 32.7 Å². The number of piperazine rings is 1. The van der Waals surface area contributed by atoms with Gasteiger partial charge in [0.15, 0.2) is 0 Å². The van der Waals surface area contributed by atoms with E-state index < -0.39 is 0 Å². The second-order valence-electron chi connectivity index (χ2n) is 8.40. The number of primary amides is 1. The number of fused-ring (bicyclic) bond motifs is 1. The van der Waals surface area contributed by atoms with Gasteiger partial charge in [0.05, 0.1) is 11.4 Å². The molecule has 1 atom stereocenters. The van der Waals surface area contributed by atoms with Crippen LogP contribution < -0.4 is 5.73 Å². The van der Waals surface area contributed by atoms with Crippen LogP contribution in [0.5, 0.6) is 0 Å². The Morgan fingerprint density at radius 2 is 1.92 bits per heavy atom. The van der Waals surface area contributed by atoms with Crippen molar-refractivity contribution in [3.63, 3.8) is 0 Å². The third-order valence-electron chi connectivity index (χ3n) is 5.56. The molecular weight excluding hydrogens is 334 g/mol. The third-order valence-corrected chi connectivity index (χ3v) is 6.78. The van der Waals surface area contributed by atoms with E-state index in [1.807, 2.05) is 9.80 Å². The Morgan fingerprint density at radius 1 is 1.24 bits per heavy atom. The van der Waals surface area contributed by atoms with Crippen molar-refractivity contribution in [1.29, 1.82) is 0 Å². The average molecular weight is 364 g/mol. The topological polar surface area (TPSA) is 66.6 Å². The number of carbonyl (C=O) groups excluding carboxylic acids is 2. The van der Waals surface area contributed by atoms with Crippen molar-refractivity contribution in [1.82, 2.24) is 9.80 Å². The highest BCUT2D eigenvalue weighted by atomic mass is 32.1. The fourth-order valence-corrected chi connectivity index (χ4v) is 5.03. The maximum absolute atomic E-state index is 12.9. The van der Waals surface area contributed by atoms with Gasteiger partial charge in [-0.15, -0.1) is 11.3 Å². The molecule has 1 aromatic heterocycles. The summed E-state index contributed by atoms with van der Waals surface area (Å²) in [5.74, 6) is 0.527. The minimum atomic E-state index is -0.306. The van der Waals surface area contributed by atoms with Gasteiger partial charge in [0.1, 0.15) is 0 Å². The van der Waals surface area contributed by atoms with E-state index >= 15 is 0 Å². The van der Waals surface area contributed by atoms with Crippen molar-refractivity contribution in [3.05, 3.63) is 21.4 Å². The number of nitrogens with two attached hydrogens (primary N) is 1. The van der Waals surface area contributed by atoms with Crippen LogP contribution in [-0.4, -0.2) is 54.3 Å². The maximum Gasteiger partial charge on any atom is 0.264 e. The predicted molar refractivity (Wildman–Crippen MR) is 101 cm³/mol. The summed E-state index contributed by atoms with van der Waals surface area (Å²) in [6.45, 7) is 9.98. The van der Waals surface area contributed by atoms with Crippen LogP contribution in [0.25, 0.3) is 0 Å². The highest BCUT2D eigenvalue weighted by Gasteiger charge is 2.31. The molecule has 2 heterocycles. The lowest BCUT2D eigenvalue weighted by Crippen LogP contribution is -2.50. The molecule has 1 aliphatic heterocycles. The van der Waals surface area contributed by atoms with Gasteiger partial charge in [-0.05, 0) is 42.2 Å². The van der Waals surface area contributed by atoms with Gasteiger partial charge >= 0.3 is 0 Å². The first-order valence-corrected chi connectivity index (χ1v) is 9.97. The largest absolute Gasteiger partial charge is 0.369 e. The average Bonchev–Trinajstić information content (AvgIpc) is 2.96.